The highest BCUT2D eigenvalue weighted by atomic mass is 32.2. The predicted molar refractivity (Wildman–Crippen MR) is 123 cm³/mol. The number of para-hydroxylation sites is 1. The van der Waals surface area contributed by atoms with Crippen molar-refractivity contribution >= 4 is 27.3 Å². The number of carbonyl (C=O) groups excluding carboxylic acids is 1. The lowest BCUT2D eigenvalue weighted by Crippen LogP contribution is -2.30. The van der Waals surface area contributed by atoms with Crippen LogP contribution < -0.4 is 10.1 Å². The molecule has 1 aromatic heterocycles. The van der Waals surface area contributed by atoms with Crippen LogP contribution in [-0.2, 0) is 23.2 Å². The monoisotopic (exact) mass is 476 g/mol. The van der Waals surface area contributed by atoms with Gasteiger partial charge in [0.2, 0.25) is 0 Å². The van der Waals surface area contributed by atoms with Crippen LogP contribution >= 0.6 is 11.3 Å². The number of halogens is 1. The summed E-state index contributed by atoms with van der Waals surface area (Å²) in [6, 6.07) is 16.1. The molecule has 170 valence electrons. The number of carbonyl (C=O) groups is 1. The Hall–Kier alpha value is -2.75. The lowest BCUT2D eigenvalue weighted by molar-refractivity contribution is 0.0946. The molecule has 9 heteroatoms. The number of thiophene rings is 1. The van der Waals surface area contributed by atoms with Gasteiger partial charge in [-0.3, -0.25) is 4.79 Å². The molecule has 0 aliphatic heterocycles. The van der Waals surface area contributed by atoms with Crippen LogP contribution in [0, 0.1) is 5.82 Å². The van der Waals surface area contributed by atoms with Crippen molar-refractivity contribution in [3.8, 4) is 5.75 Å². The van der Waals surface area contributed by atoms with E-state index in [0.29, 0.717) is 24.4 Å². The Balaban J connectivity index is 1.65. The highest BCUT2D eigenvalue weighted by Crippen LogP contribution is 2.25. The van der Waals surface area contributed by atoms with Crippen molar-refractivity contribution in [1.82, 2.24) is 9.62 Å². The number of nitrogens with one attached hydrogen (secondary N) is 1. The van der Waals surface area contributed by atoms with Gasteiger partial charge in [0.05, 0.1) is 12.1 Å². The molecule has 32 heavy (non-hydrogen) atoms. The maximum absolute atomic E-state index is 13.1. The largest absolute Gasteiger partial charge is 0.488 e. The Bertz CT molecular complexity index is 1160. The van der Waals surface area contributed by atoms with Gasteiger partial charge in [0.15, 0.2) is 0 Å². The van der Waals surface area contributed by atoms with E-state index in [2.05, 4.69) is 5.32 Å². The summed E-state index contributed by atoms with van der Waals surface area (Å²) in [7, 11) is -3.52. The van der Waals surface area contributed by atoms with E-state index in [9.17, 15) is 17.6 Å². The minimum absolute atomic E-state index is 0.197. The Morgan fingerprint density at radius 3 is 2.41 bits per heavy atom. The molecule has 0 saturated heterocycles. The Labute approximate surface area is 191 Å². The maximum atomic E-state index is 13.1. The first kappa shape index (κ1) is 23.9. The number of benzene rings is 2. The molecular formula is C23H25FN2O4S2. The van der Waals surface area contributed by atoms with Crippen molar-refractivity contribution in [3.05, 3.63) is 82.5 Å². The average molecular weight is 477 g/mol. The minimum atomic E-state index is -3.52. The summed E-state index contributed by atoms with van der Waals surface area (Å²) in [5, 5.41) is 2.82. The van der Waals surface area contributed by atoms with Crippen molar-refractivity contribution in [2.75, 3.05) is 13.1 Å². The summed E-state index contributed by atoms with van der Waals surface area (Å²) in [4.78, 5) is 13.5. The van der Waals surface area contributed by atoms with Crippen molar-refractivity contribution in [1.29, 1.82) is 0 Å². The van der Waals surface area contributed by atoms with E-state index >= 15 is 0 Å². The Kier molecular flexibility index (Phi) is 8.00. The van der Waals surface area contributed by atoms with Crippen LogP contribution in [0.1, 0.15) is 34.6 Å². The first-order chi connectivity index (χ1) is 15.3. The smallest absolute Gasteiger partial charge is 0.255 e. The van der Waals surface area contributed by atoms with Crippen LogP contribution in [0.5, 0.6) is 5.75 Å². The van der Waals surface area contributed by atoms with Gasteiger partial charge in [-0.05, 0) is 42.0 Å². The molecule has 0 saturated carbocycles. The molecule has 3 rings (SSSR count). The molecule has 1 amide bonds. The molecule has 0 spiro atoms. The van der Waals surface area contributed by atoms with Gasteiger partial charge in [-0.25, -0.2) is 12.8 Å². The fraction of sp³-hybridized carbons (Fsp3) is 0.261. The number of hydrogen-bond acceptors (Lipinski definition) is 5. The van der Waals surface area contributed by atoms with Crippen molar-refractivity contribution < 1.29 is 22.3 Å². The summed E-state index contributed by atoms with van der Waals surface area (Å²) < 4.78 is 45.7. The van der Waals surface area contributed by atoms with Crippen molar-refractivity contribution in [2.45, 2.75) is 31.2 Å². The molecule has 1 N–H and O–H groups in total. The normalized spacial score (nSPS) is 11.5. The van der Waals surface area contributed by atoms with Gasteiger partial charge in [-0.15, -0.1) is 11.3 Å². The summed E-state index contributed by atoms with van der Waals surface area (Å²) in [6.45, 7) is 4.79. The van der Waals surface area contributed by atoms with E-state index in [0.717, 1.165) is 21.8 Å². The lowest BCUT2D eigenvalue weighted by atomic mass is 10.2. The van der Waals surface area contributed by atoms with Gasteiger partial charge >= 0.3 is 0 Å². The molecule has 0 fully saturated rings. The van der Waals surface area contributed by atoms with Crippen LogP contribution in [0.4, 0.5) is 4.39 Å². The third-order valence-corrected chi connectivity index (χ3v) is 8.40. The third-order valence-electron chi connectivity index (χ3n) is 4.80. The Morgan fingerprint density at radius 2 is 1.72 bits per heavy atom. The molecule has 2 aromatic carbocycles. The van der Waals surface area contributed by atoms with Gasteiger partial charge in [-0.1, -0.05) is 38.1 Å². The fourth-order valence-corrected chi connectivity index (χ4v) is 5.97. The highest BCUT2D eigenvalue weighted by Gasteiger charge is 2.23. The van der Waals surface area contributed by atoms with E-state index in [4.69, 9.17) is 4.74 Å². The van der Waals surface area contributed by atoms with Gasteiger partial charge in [0.1, 0.15) is 22.4 Å². The number of ether oxygens (including phenoxy) is 1. The molecule has 0 radical (unpaired) electrons. The lowest BCUT2D eigenvalue weighted by Gasteiger charge is -2.16. The number of nitrogens with zero attached hydrogens (tertiary/aromatic N) is 1. The molecular weight excluding hydrogens is 451 g/mol. The van der Waals surface area contributed by atoms with E-state index in [-0.39, 0.29) is 29.1 Å². The summed E-state index contributed by atoms with van der Waals surface area (Å²) in [5.41, 5.74) is 1.14. The second-order valence-corrected chi connectivity index (χ2v) is 10.2. The van der Waals surface area contributed by atoms with E-state index in [1.54, 1.807) is 62.4 Å². The molecule has 3 aromatic rings. The second-order valence-electron chi connectivity index (χ2n) is 6.90. The van der Waals surface area contributed by atoms with Crippen LogP contribution in [-0.4, -0.2) is 31.7 Å². The van der Waals surface area contributed by atoms with E-state index < -0.39 is 10.0 Å². The van der Waals surface area contributed by atoms with Crippen molar-refractivity contribution in [3.63, 3.8) is 0 Å². The van der Waals surface area contributed by atoms with Gasteiger partial charge in [0, 0.05) is 18.0 Å². The second kappa shape index (κ2) is 10.7. The quantitative estimate of drug-likeness (QED) is 0.470. The van der Waals surface area contributed by atoms with Gasteiger partial charge in [0.25, 0.3) is 15.9 Å². The zero-order valence-electron chi connectivity index (χ0n) is 17.9. The summed E-state index contributed by atoms with van der Waals surface area (Å²) >= 11 is 1.14. The zero-order chi connectivity index (χ0) is 23.1. The zero-order valence-corrected chi connectivity index (χ0v) is 19.5. The molecule has 0 unspecified atom stereocenters. The minimum Gasteiger partial charge on any atom is -0.488 e. The van der Waals surface area contributed by atoms with E-state index in [1.165, 1.54) is 16.4 Å². The number of rotatable bonds is 10. The highest BCUT2D eigenvalue weighted by molar-refractivity contribution is 7.91. The van der Waals surface area contributed by atoms with Crippen LogP contribution in [0.25, 0.3) is 0 Å². The van der Waals surface area contributed by atoms with Crippen LogP contribution in [0.2, 0.25) is 0 Å². The molecule has 1 heterocycles. The molecule has 0 aliphatic carbocycles. The van der Waals surface area contributed by atoms with Gasteiger partial charge < -0.3 is 10.1 Å². The predicted octanol–water partition coefficient (Wildman–Crippen LogP) is 4.43. The fourth-order valence-electron chi connectivity index (χ4n) is 3.07. The number of amides is 1. The topological polar surface area (TPSA) is 75.7 Å². The standard InChI is InChI=1S/C23H25FN2O4S2/c1-3-26(4-2)32(28,29)22-14-13-19(31-22)15-25-23(27)20-7-5-6-8-21(20)30-16-17-9-11-18(24)12-10-17/h5-14H,3-4,15-16H2,1-2H3,(H,25,27). The summed E-state index contributed by atoms with van der Waals surface area (Å²) in [5.74, 6) is -0.248. The molecule has 0 atom stereocenters. The number of hydrogen-bond donors (Lipinski definition) is 1. The van der Waals surface area contributed by atoms with Crippen LogP contribution in [0.3, 0.4) is 0 Å². The van der Waals surface area contributed by atoms with Gasteiger partial charge in [-0.2, -0.15) is 4.31 Å². The molecule has 6 nitrogen and oxygen atoms in total. The third kappa shape index (κ3) is 5.73. The average Bonchev–Trinajstić information content (AvgIpc) is 3.28. The van der Waals surface area contributed by atoms with E-state index in [1.807, 2.05) is 0 Å². The van der Waals surface area contributed by atoms with Crippen LogP contribution in [0.15, 0.2) is 64.9 Å². The first-order valence-electron chi connectivity index (χ1n) is 10.2. The van der Waals surface area contributed by atoms with Crippen molar-refractivity contribution in [2.24, 2.45) is 0 Å². The first-order valence-corrected chi connectivity index (χ1v) is 12.4. The maximum Gasteiger partial charge on any atom is 0.255 e. The SMILES string of the molecule is CCN(CC)S(=O)(=O)c1ccc(CNC(=O)c2ccccc2OCc2ccc(F)cc2)s1. The summed E-state index contributed by atoms with van der Waals surface area (Å²) in [6.07, 6.45) is 0. The Morgan fingerprint density at radius 1 is 1.03 bits per heavy atom. The number of sulfonamides is 1. The molecule has 0 aliphatic rings. The molecule has 0 bridgehead atoms.